The van der Waals surface area contributed by atoms with Crippen LogP contribution in [0, 0.1) is 0 Å². The van der Waals surface area contributed by atoms with Gasteiger partial charge < -0.3 is 10.6 Å². The highest BCUT2D eigenvalue weighted by atomic mass is 79.9. The Morgan fingerprint density at radius 2 is 1.66 bits per heavy atom. The van der Waals surface area contributed by atoms with Crippen LogP contribution in [0.4, 0.5) is 26.3 Å². The Morgan fingerprint density at radius 1 is 1.08 bits per heavy atom. The Balaban J connectivity index is 1.82. The van der Waals surface area contributed by atoms with Gasteiger partial charge in [-0.15, -0.1) is 0 Å². The predicted molar refractivity (Wildman–Crippen MR) is 137 cm³/mol. The van der Waals surface area contributed by atoms with Crippen LogP contribution in [0.5, 0.6) is 0 Å². The Bertz CT molecular complexity index is 1270. The summed E-state index contributed by atoms with van der Waals surface area (Å²) in [6.07, 6.45) is -3.65. The average Bonchev–Trinajstić information content (AvgIpc) is 3.58. The first kappa shape index (κ1) is 30.6. The molecule has 1 unspecified atom stereocenters. The second-order valence-electron chi connectivity index (χ2n) is 8.78. The highest BCUT2D eigenvalue weighted by Crippen LogP contribution is 2.42. The molecule has 14 heteroatoms. The summed E-state index contributed by atoms with van der Waals surface area (Å²) in [6.45, 7) is -0.945. The summed E-state index contributed by atoms with van der Waals surface area (Å²) in [4.78, 5) is 24.9. The third-order valence-electron chi connectivity index (χ3n) is 5.70. The van der Waals surface area contributed by atoms with Crippen molar-refractivity contribution in [3.05, 3.63) is 72.6 Å². The van der Waals surface area contributed by atoms with Crippen molar-refractivity contribution in [2.24, 2.45) is 0 Å². The number of benzene rings is 2. The standard InChI is InChI=1S/C24H18BrCl3F6N2O2/c1-22(30,31)14(12-7-16(26)19(28)17(27)8-12)9-18(29)11-2-3-13(15(25)6-11)20(37)36-23(4-5-23)21(38)35-10-24(32,33)34/h2-3,6-9,14H,4-5,10H2,1H3,(H,35,38)(H,36,37)/b18-9-. The highest BCUT2D eigenvalue weighted by Gasteiger charge is 2.52. The molecule has 0 aliphatic heterocycles. The van der Waals surface area contributed by atoms with Gasteiger partial charge in [0.25, 0.3) is 11.8 Å². The molecular formula is C24H18BrCl3F6N2O2. The summed E-state index contributed by atoms with van der Waals surface area (Å²) in [5.41, 5.74) is -1.77. The molecule has 2 aromatic carbocycles. The molecule has 0 spiro atoms. The Morgan fingerprint density at radius 3 is 2.13 bits per heavy atom. The average molecular weight is 667 g/mol. The van der Waals surface area contributed by atoms with Crippen LogP contribution in [0.25, 0.3) is 5.83 Å². The van der Waals surface area contributed by atoms with E-state index in [0.717, 1.165) is 24.3 Å². The molecule has 0 radical (unpaired) electrons. The van der Waals surface area contributed by atoms with Gasteiger partial charge in [0.15, 0.2) is 0 Å². The Hall–Kier alpha value is -1.95. The summed E-state index contributed by atoms with van der Waals surface area (Å²) in [7, 11) is 0. The lowest BCUT2D eigenvalue weighted by atomic mass is 9.92. The lowest BCUT2D eigenvalue weighted by molar-refractivity contribution is -0.140. The molecule has 1 saturated carbocycles. The Kier molecular flexibility index (Phi) is 9.07. The molecule has 2 N–H and O–H groups in total. The molecule has 1 fully saturated rings. The number of alkyl halides is 5. The third-order valence-corrected chi connectivity index (χ3v) is 7.55. The molecule has 1 aliphatic rings. The number of allylic oxidation sites excluding steroid dienone is 1. The van der Waals surface area contributed by atoms with Crippen LogP contribution >= 0.6 is 50.7 Å². The van der Waals surface area contributed by atoms with E-state index in [4.69, 9.17) is 34.8 Å². The van der Waals surface area contributed by atoms with Crippen LogP contribution in [0.2, 0.25) is 15.1 Å². The first-order valence-electron chi connectivity index (χ1n) is 10.8. The highest BCUT2D eigenvalue weighted by molar-refractivity contribution is 9.10. The number of hydrogen-bond donors (Lipinski definition) is 2. The normalized spacial score (nSPS) is 16.1. The van der Waals surface area contributed by atoms with Crippen LogP contribution in [-0.4, -0.2) is 36.0 Å². The summed E-state index contributed by atoms with van der Waals surface area (Å²) in [6, 6.07) is 5.81. The topological polar surface area (TPSA) is 58.2 Å². The zero-order chi connectivity index (χ0) is 28.6. The molecular weight excluding hydrogens is 649 g/mol. The minimum absolute atomic E-state index is 0.0386. The van der Waals surface area contributed by atoms with Gasteiger partial charge in [-0.2, -0.15) is 13.2 Å². The largest absolute Gasteiger partial charge is 0.405 e. The van der Waals surface area contributed by atoms with E-state index >= 15 is 4.39 Å². The zero-order valence-electron chi connectivity index (χ0n) is 19.3. The van der Waals surface area contributed by atoms with Crippen molar-refractivity contribution >= 4 is 68.4 Å². The van der Waals surface area contributed by atoms with E-state index < -0.39 is 47.7 Å². The third kappa shape index (κ3) is 7.37. The molecule has 4 nitrogen and oxygen atoms in total. The van der Waals surface area contributed by atoms with Gasteiger partial charge in [0.05, 0.1) is 26.5 Å². The van der Waals surface area contributed by atoms with Crippen molar-refractivity contribution in [2.45, 2.75) is 43.3 Å². The lowest BCUT2D eigenvalue weighted by Crippen LogP contribution is -2.50. The summed E-state index contributed by atoms with van der Waals surface area (Å²) in [5, 5.41) is 3.94. The second-order valence-corrected chi connectivity index (χ2v) is 10.8. The lowest BCUT2D eigenvalue weighted by Gasteiger charge is -2.22. The van der Waals surface area contributed by atoms with E-state index in [9.17, 15) is 31.5 Å². The number of carbonyl (C=O) groups is 2. The van der Waals surface area contributed by atoms with Gasteiger partial charge in [0.2, 0.25) is 5.91 Å². The van der Waals surface area contributed by atoms with Crippen LogP contribution in [0.15, 0.2) is 40.9 Å². The monoisotopic (exact) mass is 664 g/mol. The van der Waals surface area contributed by atoms with Crippen LogP contribution in [0.1, 0.15) is 47.2 Å². The fourth-order valence-electron chi connectivity index (χ4n) is 3.55. The van der Waals surface area contributed by atoms with Gasteiger partial charge in [-0.25, -0.2) is 13.2 Å². The van der Waals surface area contributed by atoms with Gasteiger partial charge >= 0.3 is 6.18 Å². The van der Waals surface area contributed by atoms with E-state index in [1.54, 1.807) is 5.32 Å². The minimum atomic E-state index is -4.61. The van der Waals surface area contributed by atoms with Gasteiger partial charge in [-0.1, -0.05) is 40.9 Å². The van der Waals surface area contributed by atoms with Crippen LogP contribution in [-0.2, 0) is 4.79 Å². The number of rotatable bonds is 8. The molecule has 38 heavy (non-hydrogen) atoms. The second kappa shape index (κ2) is 11.3. The van der Waals surface area contributed by atoms with Crippen molar-refractivity contribution in [1.82, 2.24) is 10.6 Å². The van der Waals surface area contributed by atoms with E-state index in [-0.39, 0.29) is 49.1 Å². The molecule has 1 atom stereocenters. The molecule has 2 aromatic rings. The van der Waals surface area contributed by atoms with Crippen molar-refractivity contribution < 1.29 is 35.9 Å². The summed E-state index contributed by atoms with van der Waals surface area (Å²) >= 11 is 20.9. The van der Waals surface area contributed by atoms with Crippen molar-refractivity contribution in [2.75, 3.05) is 6.54 Å². The van der Waals surface area contributed by atoms with E-state index in [2.05, 4.69) is 21.2 Å². The molecule has 206 valence electrons. The fraction of sp³-hybridized carbons (Fsp3) is 0.333. The van der Waals surface area contributed by atoms with Gasteiger partial charge in [0, 0.05) is 17.0 Å². The van der Waals surface area contributed by atoms with E-state index in [0.29, 0.717) is 13.0 Å². The Labute approximate surface area is 236 Å². The molecule has 0 bridgehead atoms. The molecule has 1 aliphatic carbocycles. The van der Waals surface area contributed by atoms with Gasteiger partial charge in [0.1, 0.15) is 17.9 Å². The number of amides is 2. The van der Waals surface area contributed by atoms with E-state index in [1.165, 1.54) is 6.07 Å². The number of halogens is 10. The summed E-state index contributed by atoms with van der Waals surface area (Å²) in [5.74, 6) is -8.02. The van der Waals surface area contributed by atoms with Crippen LogP contribution < -0.4 is 10.6 Å². The quantitative estimate of drug-likeness (QED) is 0.221. The smallest absolute Gasteiger partial charge is 0.345 e. The maximum Gasteiger partial charge on any atom is 0.405 e. The maximum atomic E-state index is 15.1. The number of hydrogen-bond acceptors (Lipinski definition) is 2. The van der Waals surface area contributed by atoms with Crippen molar-refractivity contribution in [3.8, 4) is 0 Å². The maximum absolute atomic E-state index is 15.1. The number of nitrogens with one attached hydrogen (secondary N) is 2. The van der Waals surface area contributed by atoms with Crippen molar-refractivity contribution in [3.63, 3.8) is 0 Å². The fourth-order valence-corrected chi connectivity index (χ4v) is 4.72. The minimum Gasteiger partial charge on any atom is -0.345 e. The van der Waals surface area contributed by atoms with E-state index in [1.807, 2.05) is 0 Å². The van der Waals surface area contributed by atoms with Gasteiger partial charge in [-0.05, 0) is 64.7 Å². The molecule has 2 amide bonds. The number of carbonyl (C=O) groups excluding carboxylic acids is 2. The van der Waals surface area contributed by atoms with Crippen molar-refractivity contribution in [1.29, 1.82) is 0 Å². The predicted octanol–water partition coefficient (Wildman–Crippen LogP) is 8.10. The molecule has 0 saturated heterocycles. The zero-order valence-corrected chi connectivity index (χ0v) is 23.1. The summed E-state index contributed by atoms with van der Waals surface area (Å²) < 4.78 is 81.2. The molecule has 0 aromatic heterocycles. The van der Waals surface area contributed by atoms with Crippen LogP contribution in [0.3, 0.4) is 0 Å². The van der Waals surface area contributed by atoms with Gasteiger partial charge in [-0.3, -0.25) is 9.59 Å². The first-order chi connectivity index (χ1) is 17.4. The molecule has 3 rings (SSSR count). The SMILES string of the molecule is CC(F)(F)C(/C=C(\F)c1ccc(C(=O)NC2(C(=O)NCC(F)(F)F)CC2)c(Br)c1)c1cc(Cl)c(Cl)c(Cl)c1. The first-order valence-corrected chi connectivity index (χ1v) is 12.7. The molecule has 0 heterocycles.